The van der Waals surface area contributed by atoms with E-state index in [0.29, 0.717) is 5.92 Å². The molecular weight excluding hydrogens is 172 g/mol. The van der Waals surface area contributed by atoms with Crippen molar-refractivity contribution in [2.24, 2.45) is 5.92 Å². The highest BCUT2D eigenvalue weighted by Gasteiger charge is 2.17. The number of hydrogen-bond acceptors (Lipinski definition) is 1. The summed E-state index contributed by atoms with van der Waals surface area (Å²) >= 11 is 0. The van der Waals surface area contributed by atoms with Crippen LogP contribution in [0.3, 0.4) is 0 Å². The highest BCUT2D eigenvalue weighted by atomic mass is 16.3. The molecule has 1 N–H and O–H groups in total. The van der Waals surface area contributed by atoms with E-state index in [1.54, 1.807) is 0 Å². The molecule has 0 aromatic carbocycles. The lowest BCUT2D eigenvalue weighted by Gasteiger charge is -2.22. The molecule has 0 spiro atoms. The second kappa shape index (κ2) is 7.05. The summed E-state index contributed by atoms with van der Waals surface area (Å²) in [6.45, 7) is 2.22. The van der Waals surface area contributed by atoms with E-state index in [4.69, 9.17) is 0 Å². The molecule has 0 saturated heterocycles. The van der Waals surface area contributed by atoms with Crippen molar-refractivity contribution in [1.82, 2.24) is 0 Å². The molecule has 1 heteroatoms. The zero-order chi connectivity index (χ0) is 10.2. The summed E-state index contributed by atoms with van der Waals surface area (Å²) in [7, 11) is 0. The van der Waals surface area contributed by atoms with Crippen molar-refractivity contribution in [2.45, 2.75) is 64.4 Å². The van der Waals surface area contributed by atoms with Gasteiger partial charge in [0.15, 0.2) is 0 Å². The highest BCUT2D eigenvalue weighted by Crippen LogP contribution is 2.23. The van der Waals surface area contributed by atoms with Gasteiger partial charge in [-0.3, -0.25) is 0 Å². The first-order valence-electron chi connectivity index (χ1n) is 6.19. The van der Waals surface area contributed by atoms with Crippen molar-refractivity contribution >= 4 is 0 Å². The molecule has 14 heavy (non-hydrogen) atoms. The topological polar surface area (TPSA) is 20.2 Å². The average Bonchev–Trinajstić information content (AvgIpc) is 2.25. The van der Waals surface area contributed by atoms with Gasteiger partial charge < -0.3 is 5.11 Å². The SMILES string of the molecule is CCCCCC[C@@H](O)[C@@H]1C=CCCC1. The van der Waals surface area contributed by atoms with Gasteiger partial charge in [0.2, 0.25) is 0 Å². The van der Waals surface area contributed by atoms with Crippen LogP contribution < -0.4 is 0 Å². The molecule has 1 aliphatic rings. The number of aliphatic hydroxyl groups is 1. The quantitative estimate of drug-likeness (QED) is 0.507. The molecule has 1 aliphatic carbocycles. The van der Waals surface area contributed by atoms with E-state index in [1.807, 2.05) is 0 Å². The Labute approximate surface area is 88.2 Å². The van der Waals surface area contributed by atoms with E-state index in [2.05, 4.69) is 19.1 Å². The van der Waals surface area contributed by atoms with Crippen LogP contribution in [0.25, 0.3) is 0 Å². The number of allylic oxidation sites excluding steroid dienone is 1. The first-order chi connectivity index (χ1) is 6.84. The second-order valence-corrected chi connectivity index (χ2v) is 4.44. The Hall–Kier alpha value is -0.300. The van der Waals surface area contributed by atoms with Gasteiger partial charge in [-0.25, -0.2) is 0 Å². The number of rotatable bonds is 6. The summed E-state index contributed by atoms with van der Waals surface area (Å²) in [5, 5.41) is 9.92. The molecule has 0 aromatic rings. The molecule has 0 aromatic heterocycles. The lowest BCUT2D eigenvalue weighted by Crippen LogP contribution is -2.19. The van der Waals surface area contributed by atoms with Crippen molar-refractivity contribution in [2.75, 3.05) is 0 Å². The first-order valence-corrected chi connectivity index (χ1v) is 6.19. The Bertz CT molecular complexity index is 163. The van der Waals surface area contributed by atoms with Gasteiger partial charge >= 0.3 is 0 Å². The van der Waals surface area contributed by atoms with Crippen molar-refractivity contribution in [3.8, 4) is 0 Å². The summed E-state index contributed by atoms with van der Waals surface area (Å²) in [6.07, 6.45) is 14.1. The van der Waals surface area contributed by atoms with Crippen molar-refractivity contribution < 1.29 is 5.11 Å². The van der Waals surface area contributed by atoms with E-state index in [0.717, 1.165) is 6.42 Å². The van der Waals surface area contributed by atoms with Gasteiger partial charge in [-0.1, -0.05) is 44.8 Å². The van der Waals surface area contributed by atoms with E-state index in [-0.39, 0.29) is 6.10 Å². The monoisotopic (exact) mass is 196 g/mol. The van der Waals surface area contributed by atoms with Crippen LogP contribution in [-0.4, -0.2) is 11.2 Å². The van der Waals surface area contributed by atoms with Crippen LogP contribution in [0.2, 0.25) is 0 Å². The van der Waals surface area contributed by atoms with Crippen LogP contribution in [0, 0.1) is 5.92 Å². The Morgan fingerprint density at radius 1 is 1.36 bits per heavy atom. The molecule has 0 fully saturated rings. The first kappa shape index (κ1) is 11.8. The van der Waals surface area contributed by atoms with Gasteiger partial charge in [-0.05, 0) is 25.7 Å². The largest absolute Gasteiger partial charge is 0.393 e. The minimum absolute atomic E-state index is 0.0802. The van der Waals surface area contributed by atoms with E-state index < -0.39 is 0 Å². The third-order valence-corrected chi connectivity index (χ3v) is 3.14. The summed E-state index contributed by atoms with van der Waals surface area (Å²) in [4.78, 5) is 0. The van der Waals surface area contributed by atoms with E-state index in [9.17, 15) is 5.11 Å². The van der Waals surface area contributed by atoms with E-state index >= 15 is 0 Å². The van der Waals surface area contributed by atoms with Gasteiger partial charge in [-0.15, -0.1) is 0 Å². The Kier molecular flexibility index (Phi) is 5.93. The Morgan fingerprint density at radius 2 is 2.21 bits per heavy atom. The van der Waals surface area contributed by atoms with Crippen LogP contribution in [0.1, 0.15) is 58.3 Å². The molecule has 1 rings (SSSR count). The molecular formula is C13H24O. The molecule has 0 saturated carbocycles. The van der Waals surface area contributed by atoms with Crippen LogP contribution in [0.4, 0.5) is 0 Å². The van der Waals surface area contributed by atoms with Gasteiger partial charge in [0, 0.05) is 5.92 Å². The third kappa shape index (κ3) is 4.28. The molecule has 0 radical (unpaired) electrons. The number of aliphatic hydroxyl groups excluding tert-OH is 1. The summed E-state index contributed by atoms with van der Waals surface area (Å²) in [5.41, 5.74) is 0. The molecule has 1 nitrogen and oxygen atoms in total. The van der Waals surface area contributed by atoms with Gasteiger partial charge in [0.05, 0.1) is 6.10 Å². The summed E-state index contributed by atoms with van der Waals surface area (Å²) in [6, 6.07) is 0. The fourth-order valence-corrected chi connectivity index (χ4v) is 2.15. The molecule has 0 aliphatic heterocycles. The predicted molar refractivity (Wildman–Crippen MR) is 61.2 cm³/mol. The average molecular weight is 196 g/mol. The lowest BCUT2D eigenvalue weighted by molar-refractivity contribution is 0.110. The van der Waals surface area contributed by atoms with Gasteiger partial charge in [0.25, 0.3) is 0 Å². The van der Waals surface area contributed by atoms with Crippen LogP contribution >= 0.6 is 0 Å². The summed E-state index contributed by atoms with van der Waals surface area (Å²) < 4.78 is 0. The zero-order valence-electron chi connectivity index (χ0n) is 9.41. The fourth-order valence-electron chi connectivity index (χ4n) is 2.15. The van der Waals surface area contributed by atoms with E-state index in [1.165, 1.54) is 44.9 Å². The van der Waals surface area contributed by atoms with Gasteiger partial charge in [-0.2, -0.15) is 0 Å². The second-order valence-electron chi connectivity index (χ2n) is 4.44. The molecule has 0 amide bonds. The Balaban J connectivity index is 2.10. The fraction of sp³-hybridized carbons (Fsp3) is 0.846. The number of unbranched alkanes of at least 4 members (excludes halogenated alkanes) is 3. The number of hydrogen-bond donors (Lipinski definition) is 1. The standard InChI is InChI=1S/C13H24O/c1-2-3-4-8-11-13(14)12-9-6-5-7-10-12/h6,9,12-14H,2-5,7-8,10-11H2,1H3/t12-,13-/m1/s1. The summed E-state index contributed by atoms with van der Waals surface area (Å²) in [5.74, 6) is 0.449. The molecule has 0 unspecified atom stereocenters. The van der Waals surface area contributed by atoms with Crippen LogP contribution in [-0.2, 0) is 0 Å². The normalized spacial score (nSPS) is 23.7. The molecule has 0 heterocycles. The van der Waals surface area contributed by atoms with Crippen molar-refractivity contribution in [3.05, 3.63) is 12.2 Å². The molecule has 0 bridgehead atoms. The lowest BCUT2D eigenvalue weighted by atomic mass is 9.88. The van der Waals surface area contributed by atoms with Gasteiger partial charge in [0.1, 0.15) is 0 Å². The zero-order valence-corrected chi connectivity index (χ0v) is 9.41. The maximum absolute atomic E-state index is 9.92. The minimum Gasteiger partial charge on any atom is -0.393 e. The molecule has 82 valence electrons. The third-order valence-electron chi connectivity index (χ3n) is 3.14. The maximum Gasteiger partial charge on any atom is 0.0602 e. The van der Waals surface area contributed by atoms with Crippen LogP contribution in [0.15, 0.2) is 12.2 Å². The van der Waals surface area contributed by atoms with Crippen molar-refractivity contribution in [1.29, 1.82) is 0 Å². The maximum atomic E-state index is 9.92. The van der Waals surface area contributed by atoms with Crippen molar-refractivity contribution in [3.63, 3.8) is 0 Å². The predicted octanol–water partition coefficient (Wildman–Crippen LogP) is 3.67. The highest BCUT2D eigenvalue weighted by molar-refractivity contribution is 4.95. The minimum atomic E-state index is -0.0802. The Morgan fingerprint density at radius 3 is 2.86 bits per heavy atom. The van der Waals surface area contributed by atoms with Crippen LogP contribution in [0.5, 0.6) is 0 Å². The molecule has 2 atom stereocenters. The smallest absolute Gasteiger partial charge is 0.0602 e.